The van der Waals surface area contributed by atoms with E-state index in [1.807, 2.05) is 18.2 Å². The molecule has 6 bridgehead atoms. The quantitative estimate of drug-likeness (QED) is 0.0575. The second-order valence-corrected chi connectivity index (χ2v) is 33.2. The summed E-state index contributed by atoms with van der Waals surface area (Å²) in [4.78, 5) is 25.8. The van der Waals surface area contributed by atoms with E-state index < -0.39 is 39.2 Å². The van der Waals surface area contributed by atoms with Crippen LogP contribution in [0.4, 0.5) is 0 Å². The topological polar surface area (TPSA) is 200 Å². The van der Waals surface area contributed by atoms with Crippen molar-refractivity contribution in [3.63, 3.8) is 0 Å². The number of aromatic hydroxyl groups is 3. The summed E-state index contributed by atoms with van der Waals surface area (Å²) < 4.78 is 19.6. The number of ether oxygens (including phenoxy) is 3. The Hall–Kier alpha value is -7.60. The van der Waals surface area contributed by atoms with E-state index in [1.165, 1.54) is 60.8 Å². The molecule has 0 radical (unpaired) electrons. The summed E-state index contributed by atoms with van der Waals surface area (Å²) in [5.74, 6) is 4.52. The van der Waals surface area contributed by atoms with Gasteiger partial charge in [-0.15, -0.1) is 0 Å². The number of nitrogens with zero attached hydrogens (tertiary/aromatic N) is 4. The Balaban J connectivity index is 0.000000104. The van der Waals surface area contributed by atoms with Gasteiger partial charge < -0.3 is 44.8 Å². The third kappa shape index (κ3) is 9.27. The van der Waals surface area contributed by atoms with E-state index >= 15 is 0 Å². The van der Waals surface area contributed by atoms with Crippen LogP contribution in [0.5, 0.6) is 34.5 Å². The van der Waals surface area contributed by atoms with Gasteiger partial charge in [-0.1, -0.05) is 140 Å². The number of piperidine rings is 3. The summed E-state index contributed by atoms with van der Waals surface area (Å²) in [7, 11) is 0. The highest BCUT2D eigenvalue weighted by atomic mass is 16.5. The molecule has 6 aliphatic heterocycles. The van der Waals surface area contributed by atoms with Crippen LogP contribution in [0.15, 0.2) is 163 Å². The molecule has 0 aromatic heterocycles. The van der Waals surface area contributed by atoms with Gasteiger partial charge in [0.1, 0.15) is 18.2 Å². The van der Waals surface area contributed by atoms with E-state index in [-0.39, 0.29) is 71.5 Å². The zero-order chi connectivity index (χ0) is 67.9. The average molecular weight is 1360 g/mol. The first kappa shape index (κ1) is 63.1. The molecule has 3 saturated heterocycles. The first-order valence-corrected chi connectivity index (χ1v) is 38.2. The lowest BCUT2D eigenvalue weighted by atomic mass is 9.48. The molecule has 15 nitrogen and oxygen atoms in total. The van der Waals surface area contributed by atoms with E-state index in [1.54, 1.807) is 18.2 Å². The number of Topliss-reactive ketones (excluding diaryl/α,β-unsaturated/α-hetero) is 1. The van der Waals surface area contributed by atoms with Crippen LogP contribution in [-0.4, -0.2) is 155 Å². The normalized spacial score (nSPS) is 34.9. The summed E-state index contributed by atoms with van der Waals surface area (Å²) in [6, 6.07) is 53.6. The Morgan fingerprint density at radius 3 is 1.28 bits per heavy atom. The highest BCUT2D eigenvalue weighted by molar-refractivity contribution is 5.95. The number of carbonyl (C=O) groups is 1. The molecule has 522 valence electrons. The second kappa shape index (κ2) is 23.2. The number of carbonyl (C=O) groups excluding carboxylic acids is 1. The standard InChI is InChI=1S/C33H36N2O3.C33H34N2O3.C20H23NO4/c2*36-26-14-13-24-19-27-33(37)16-15-25(34-29(22-7-3-1-4-8-22)23-9-5-2-6-10-23)31-32(33,28(24)30(26)38-31)17-18-35(27)20-21-11-12-21;22-13-4-3-12-9-15-20(24)6-5-14(23)18-19(20,16(12)17(13)25-18)7-8-21(15)10-11-1-2-11/h1-10,13-14,21,25,27,29,31,34,36-37H,11-12,15-20H2;1-10,13-14,21,27,29,31,36-37H,11-12,15-20H2;3-4,11,15,18,22,24H,1-2,5-10H2/t25-,27+,31-,32-,33+;27-,31+,32+,33-;15-,18+,19+,20-/m011/s1. The van der Waals surface area contributed by atoms with E-state index in [4.69, 9.17) is 19.2 Å². The Bertz CT molecular complexity index is 4380. The third-order valence-electron chi connectivity index (χ3n) is 28.1. The van der Waals surface area contributed by atoms with Gasteiger partial charge in [-0.3, -0.25) is 29.8 Å². The molecular weight excluding hydrogens is 1260 g/mol. The number of aliphatic hydroxyl groups is 3. The second-order valence-electron chi connectivity index (χ2n) is 33.2. The number of rotatable bonds is 13. The first-order chi connectivity index (χ1) is 49.2. The van der Waals surface area contributed by atoms with Crippen LogP contribution in [-0.2, 0) is 40.3 Å². The number of nitrogens with one attached hydrogen (secondary N) is 1. The predicted molar refractivity (Wildman–Crippen MR) is 383 cm³/mol. The lowest BCUT2D eigenvalue weighted by Crippen LogP contribution is -2.78. The molecule has 22 rings (SSSR count). The van der Waals surface area contributed by atoms with E-state index in [9.17, 15) is 35.4 Å². The molecule has 13 atom stereocenters. The van der Waals surface area contributed by atoms with Crippen LogP contribution in [0.3, 0.4) is 0 Å². The van der Waals surface area contributed by atoms with Crippen LogP contribution < -0.4 is 19.5 Å². The predicted octanol–water partition coefficient (Wildman–Crippen LogP) is 11.4. The van der Waals surface area contributed by atoms with Gasteiger partial charge in [0.15, 0.2) is 46.4 Å². The Morgan fingerprint density at radius 2 is 0.822 bits per heavy atom. The van der Waals surface area contributed by atoms with E-state index in [0.717, 1.165) is 147 Å². The fraction of sp³-hybridized carbons (Fsp3) is 0.488. The number of aliphatic imine (C=N–C) groups is 1. The fourth-order valence-corrected chi connectivity index (χ4v) is 23.0. The van der Waals surface area contributed by atoms with Crippen LogP contribution >= 0.6 is 0 Å². The Labute approximate surface area is 591 Å². The van der Waals surface area contributed by atoms with Crippen LogP contribution in [0.25, 0.3) is 0 Å². The summed E-state index contributed by atoms with van der Waals surface area (Å²) >= 11 is 0. The number of phenols is 3. The van der Waals surface area contributed by atoms with Crippen LogP contribution in [0, 0.1) is 17.8 Å². The van der Waals surface area contributed by atoms with Gasteiger partial charge in [0.2, 0.25) is 0 Å². The Kier molecular flexibility index (Phi) is 14.5. The fourth-order valence-electron chi connectivity index (χ4n) is 23.0. The molecular formula is C86H93N5O10. The molecule has 0 amide bonds. The summed E-state index contributed by atoms with van der Waals surface area (Å²) in [6.45, 7) is 6.06. The van der Waals surface area contributed by atoms with Crippen molar-refractivity contribution in [3.05, 3.63) is 213 Å². The largest absolute Gasteiger partial charge is 0.504 e. The highest BCUT2D eigenvalue weighted by Gasteiger charge is 2.76. The molecule has 15 heteroatoms. The van der Waals surface area contributed by atoms with Crippen molar-refractivity contribution in [2.45, 2.75) is 203 Å². The van der Waals surface area contributed by atoms with Crippen molar-refractivity contribution >= 4 is 11.5 Å². The Morgan fingerprint density at radius 1 is 0.436 bits per heavy atom. The lowest BCUT2D eigenvalue weighted by Gasteiger charge is -2.64. The maximum atomic E-state index is 12.8. The molecule has 7 aromatic rings. The van der Waals surface area contributed by atoms with Gasteiger partial charge in [0.05, 0.1) is 44.8 Å². The van der Waals surface area contributed by atoms with Gasteiger partial charge in [-0.25, -0.2) is 0 Å². The average Bonchev–Trinajstić information content (AvgIpc) is 1.49. The summed E-state index contributed by atoms with van der Waals surface area (Å²) in [5.41, 5.74) is 7.96. The summed E-state index contributed by atoms with van der Waals surface area (Å²) in [5, 5.41) is 73.7. The minimum Gasteiger partial charge on any atom is -0.504 e. The highest BCUT2D eigenvalue weighted by Crippen LogP contribution is 2.69. The minimum atomic E-state index is -0.940. The number of ketones is 1. The number of hydrogen-bond acceptors (Lipinski definition) is 15. The van der Waals surface area contributed by atoms with Gasteiger partial charge in [-0.2, -0.15) is 0 Å². The maximum absolute atomic E-state index is 12.8. The molecule has 7 aromatic carbocycles. The molecule has 6 saturated carbocycles. The van der Waals surface area contributed by atoms with Crippen molar-refractivity contribution in [2.24, 2.45) is 22.7 Å². The zero-order valence-electron chi connectivity index (χ0n) is 57.5. The number of benzene rings is 7. The molecule has 6 heterocycles. The number of hydrogen-bond donors (Lipinski definition) is 7. The van der Waals surface area contributed by atoms with Crippen molar-refractivity contribution in [1.82, 2.24) is 20.0 Å². The third-order valence-corrected chi connectivity index (χ3v) is 28.1. The van der Waals surface area contributed by atoms with Crippen LogP contribution in [0.1, 0.15) is 164 Å². The van der Waals surface area contributed by atoms with Gasteiger partial charge in [-0.05, 0) is 204 Å². The molecule has 9 fully saturated rings. The molecule has 101 heavy (non-hydrogen) atoms. The van der Waals surface area contributed by atoms with Gasteiger partial charge in [0, 0.05) is 66.9 Å². The molecule has 7 N–H and O–H groups in total. The van der Waals surface area contributed by atoms with Crippen molar-refractivity contribution in [3.8, 4) is 34.5 Å². The number of phenolic OH excluding ortho intramolecular Hbond substituents is 3. The SMILES string of the molecule is O=C1CC[C@@]2(O)[C@H]3Cc4ccc(O)c5c4[C@@]2(CCN3CC2CC2)[C@H]1O5.Oc1ccc2c3c1O[C@H]1C(=NC(c4ccccc4)c4ccccc4)CC[C@@]4(O)[C@@H](C2)N(CC2CC2)CC[C@]314.Oc1ccc2c3c1O[C@H]1[C@@H](NC(c4ccccc4)c4ccccc4)CC[C@@]4(O)[C@@H](C2)N(CC2CC2)CC[C@]314. The van der Waals surface area contributed by atoms with Crippen molar-refractivity contribution in [1.29, 1.82) is 0 Å². The first-order valence-electron chi connectivity index (χ1n) is 38.2. The number of likely N-dealkylation sites (tertiary alicyclic amines) is 3. The molecule has 0 unspecified atom stereocenters. The van der Waals surface area contributed by atoms with Crippen molar-refractivity contribution in [2.75, 3.05) is 39.3 Å². The lowest BCUT2D eigenvalue weighted by molar-refractivity contribution is -0.192. The van der Waals surface area contributed by atoms with E-state index in [0.29, 0.717) is 42.9 Å². The van der Waals surface area contributed by atoms with Gasteiger partial charge >= 0.3 is 0 Å². The van der Waals surface area contributed by atoms with Crippen LogP contribution in [0.2, 0.25) is 0 Å². The molecule has 9 aliphatic carbocycles. The molecule has 15 aliphatic rings. The zero-order valence-corrected chi connectivity index (χ0v) is 57.5. The molecule has 3 spiro atoms. The van der Waals surface area contributed by atoms with Gasteiger partial charge in [0.25, 0.3) is 0 Å². The van der Waals surface area contributed by atoms with E-state index in [2.05, 4.69) is 141 Å². The monoisotopic (exact) mass is 1360 g/mol. The maximum Gasteiger partial charge on any atom is 0.174 e. The van der Waals surface area contributed by atoms with Crippen molar-refractivity contribution < 1.29 is 49.6 Å². The minimum absolute atomic E-state index is 0.0136. The summed E-state index contributed by atoms with van der Waals surface area (Å²) in [6.07, 6.45) is 15.2. The smallest absolute Gasteiger partial charge is 0.174 e.